The van der Waals surface area contributed by atoms with E-state index >= 15 is 4.39 Å². The predicted octanol–water partition coefficient (Wildman–Crippen LogP) is 4.66. The highest BCUT2D eigenvalue weighted by molar-refractivity contribution is 5.83. The monoisotopic (exact) mass is 360 g/mol. The van der Waals surface area contributed by atoms with E-state index in [2.05, 4.69) is 21.7 Å². The van der Waals surface area contributed by atoms with Gasteiger partial charge >= 0.3 is 0 Å². The molecule has 4 rings (SSSR count). The lowest BCUT2D eigenvalue weighted by Gasteiger charge is -2.26. The van der Waals surface area contributed by atoms with Gasteiger partial charge in [-0.3, -0.25) is 0 Å². The number of hydrogen-bond acceptors (Lipinski definition) is 5. The highest BCUT2D eigenvalue weighted by Gasteiger charge is 2.40. The Hall–Kier alpha value is -3.59. The number of rotatable bonds is 3. The fourth-order valence-corrected chi connectivity index (χ4v) is 3.32. The van der Waals surface area contributed by atoms with Crippen LogP contribution in [0.5, 0.6) is 5.75 Å². The molecule has 134 valence electrons. The maximum absolute atomic E-state index is 15.4. The molecule has 27 heavy (non-hydrogen) atoms. The molecular weight excluding hydrogens is 343 g/mol. The van der Waals surface area contributed by atoms with Gasteiger partial charge in [0.1, 0.15) is 17.6 Å². The van der Waals surface area contributed by atoms with E-state index < -0.39 is 11.7 Å². The lowest BCUT2D eigenvalue weighted by atomic mass is 9.94. The van der Waals surface area contributed by atoms with Crippen LogP contribution in [0.2, 0.25) is 0 Å². The van der Waals surface area contributed by atoms with Crippen molar-refractivity contribution in [1.82, 2.24) is 4.98 Å². The Morgan fingerprint density at radius 1 is 1.19 bits per heavy atom. The average Bonchev–Trinajstić information content (AvgIpc) is 3.01. The Bertz CT molecular complexity index is 1050. The second-order valence-electron chi connectivity index (χ2n) is 6.47. The van der Waals surface area contributed by atoms with Crippen molar-refractivity contribution in [2.75, 3.05) is 10.6 Å². The van der Waals surface area contributed by atoms with Crippen molar-refractivity contribution in [3.05, 3.63) is 71.7 Å². The number of pyridine rings is 1. The van der Waals surface area contributed by atoms with E-state index in [4.69, 9.17) is 4.74 Å². The molecule has 3 aromatic rings. The number of fused-ring (bicyclic) bond motifs is 1. The van der Waals surface area contributed by atoms with Crippen LogP contribution < -0.4 is 15.4 Å². The maximum atomic E-state index is 15.4. The second kappa shape index (κ2) is 6.29. The van der Waals surface area contributed by atoms with Gasteiger partial charge in [-0.2, -0.15) is 5.26 Å². The summed E-state index contributed by atoms with van der Waals surface area (Å²) in [6, 6.07) is 16.7. The van der Waals surface area contributed by atoms with E-state index in [0.717, 1.165) is 0 Å². The summed E-state index contributed by atoms with van der Waals surface area (Å²) in [5.74, 6) is -1.03. The first-order valence-corrected chi connectivity index (χ1v) is 8.50. The molecule has 0 bridgehead atoms. The van der Waals surface area contributed by atoms with Crippen molar-refractivity contribution in [3.63, 3.8) is 0 Å². The molecule has 1 aliphatic heterocycles. The van der Waals surface area contributed by atoms with Gasteiger partial charge in [-0.05, 0) is 30.2 Å². The summed E-state index contributed by atoms with van der Waals surface area (Å²) in [4.78, 5) is 4.21. The molecule has 0 fully saturated rings. The van der Waals surface area contributed by atoms with Crippen molar-refractivity contribution < 1.29 is 9.13 Å². The molecule has 2 N–H and O–H groups in total. The lowest BCUT2D eigenvalue weighted by molar-refractivity contribution is 0.164. The number of nitriles is 1. The molecular formula is C21H17FN4O. The van der Waals surface area contributed by atoms with Gasteiger partial charge in [-0.1, -0.05) is 36.4 Å². The zero-order valence-electron chi connectivity index (χ0n) is 14.9. The number of aromatic nitrogens is 1. The van der Waals surface area contributed by atoms with E-state index in [0.29, 0.717) is 33.8 Å². The SMILES string of the molecule is Cc1c(C#N)c2c(c(F)c1-c1ccccc1)OC(C)(Nc1ccccn1)N2. The molecule has 1 unspecified atom stereocenters. The van der Waals surface area contributed by atoms with Gasteiger partial charge in [0.2, 0.25) is 0 Å². The number of ether oxygens (including phenoxy) is 1. The molecule has 0 aliphatic carbocycles. The van der Waals surface area contributed by atoms with Crippen molar-refractivity contribution in [3.8, 4) is 22.9 Å². The van der Waals surface area contributed by atoms with Crippen molar-refractivity contribution >= 4 is 11.5 Å². The summed E-state index contributed by atoms with van der Waals surface area (Å²) in [7, 11) is 0. The molecule has 1 aliphatic rings. The molecule has 1 atom stereocenters. The topological polar surface area (TPSA) is 70.0 Å². The van der Waals surface area contributed by atoms with Crippen LogP contribution in [0.15, 0.2) is 54.7 Å². The molecule has 0 radical (unpaired) electrons. The lowest BCUT2D eigenvalue weighted by Crippen LogP contribution is -2.45. The zero-order chi connectivity index (χ0) is 19.0. The van der Waals surface area contributed by atoms with Gasteiger partial charge < -0.3 is 15.4 Å². The Labute approximate surface area is 156 Å². The molecule has 6 heteroatoms. The molecule has 0 saturated heterocycles. The first kappa shape index (κ1) is 16.9. The van der Waals surface area contributed by atoms with E-state index in [1.807, 2.05) is 36.4 Å². The van der Waals surface area contributed by atoms with Crippen molar-refractivity contribution in [2.45, 2.75) is 19.7 Å². The summed E-state index contributed by atoms with van der Waals surface area (Å²) in [6.07, 6.45) is 1.65. The van der Waals surface area contributed by atoms with Gasteiger partial charge in [0.25, 0.3) is 5.85 Å². The van der Waals surface area contributed by atoms with Gasteiger partial charge in [0.05, 0.1) is 5.56 Å². The number of benzene rings is 2. The van der Waals surface area contributed by atoms with E-state index in [1.54, 1.807) is 32.2 Å². The minimum Gasteiger partial charge on any atom is -0.445 e. The average molecular weight is 360 g/mol. The fourth-order valence-electron chi connectivity index (χ4n) is 3.32. The predicted molar refractivity (Wildman–Crippen MR) is 102 cm³/mol. The van der Waals surface area contributed by atoms with Crippen LogP contribution >= 0.6 is 0 Å². The largest absolute Gasteiger partial charge is 0.445 e. The van der Waals surface area contributed by atoms with E-state index in [1.165, 1.54) is 0 Å². The van der Waals surface area contributed by atoms with Gasteiger partial charge in [-0.25, -0.2) is 9.37 Å². The Balaban J connectivity index is 1.82. The van der Waals surface area contributed by atoms with Crippen LogP contribution in [-0.2, 0) is 0 Å². The number of nitrogens with zero attached hydrogens (tertiary/aromatic N) is 2. The van der Waals surface area contributed by atoms with Gasteiger partial charge in [-0.15, -0.1) is 0 Å². The first-order valence-electron chi connectivity index (χ1n) is 8.50. The molecule has 0 amide bonds. The fraction of sp³-hybridized carbons (Fsp3) is 0.143. The summed E-state index contributed by atoms with van der Waals surface area (Å²) in [6.45, 7) is 3.47. The third-order valence-electron chi connectivity index (χ3n) is 4.52. The van der Waals surface area contributed by atoms with E-state index in [9.17, 15) is 5.26 Å². The number of nitrogens with one attached hydrogen (secondary N) is 2. The number of hydrogen-bond donors (Lipinski definition) is 2. The Morgan fingerprint density at radius 2 is 1.93 bits per heavy atom. The normalized spacial score (nSPS) is 17.4. The smallest absolute Gasteiger partial charge is 0.257 e. The Kier molecular flexibility index (Phi) is 3.93. The van der Waals surface area contributed by atoms with Gasteiger partial charge in [0.15, 0.2) is 11.6 Å². The molecule has 5 nitrogen and oxygen atoms in total. The third kappa shape index (κ3) is 2.83. The highest BCUT2D eigenvalue weighted by atomic mass is 19.1. The second-order valence-corrected chi connectivity index (χ2v) is 6.47. The molecule has 0 spiro atoms. The van der Waals surface area contributed by atoms with Crippen molar-refractivity contribution in [2.24, 2.45) is 0 Å². The zero-order valence-corrected chi connectivity index (χ0v) is 14.9. The van der Waals surface area contributed by atoms with Crippen LogP contribution in [0.4, 0.5) is 15.9 Å². The molecule has 2 aromatic carbocycles. The number of anilines is 2. The van der Waals surface area contributed by atoms with Crippen LogP contribution in [0, 0.1) is 24.1 Å². The van der Waals surface area contributed by atoms with E-state index in [-0.39, 0.29) is 5.75 Å². The summed E-state index contributed by atoms with van der Waals surface area (Å²) in [5.41, 5.74) is 2.34. The van der Waals surface area contributed by atoms with Crippen LogP contribution in [0.1, 0.15) is 18.1 Å². The quantitative estimate of drug-likeness (QED) is 0.711. The highest BCUT2D eigenvalue weighted by Crippen LogP contribution is 2.47. The third-order valence-corrected chi connectivity index (χ3v) is 4.52. The van der Waals surface area contributed by atoms with Gasteiger partial charge in [0, 0.05) is 18.7 Å². The minimum atomic E-state index is -1.13. The van der Waals surface area contributed by atoms with Crippen LogP contribution in [0.3, 0.4) is 0 Å². The molecule has 2 heterocycles. The molecule has 1 aromatic heterocycles. The van der Waals surface area contributed by atoms with Crippen molar-refractivity contribution in [1.29, 1.82) is 5.26 Å². The summed E-state index contributed by atoms with van der Waals surface area (Å²) in [5, 5.41) is 15.9. The maximum Gasteiger partial charge on any atom is 0.257 e. The summed E-state index contributed by atoms with van der Waals surface area (Å²) < 4.78 is 21.3. The first-order chi connectivity index (χ1) is 13.0. The Morgan fingerprint density at radius 3 is 2.59 bits per heavy atom. The summed E-state index contributed by atoms with van der Waals surface area (Å²) >= 11 is 0. The molecule has 0 saturated carbocycles. The van der Waals surface area contributed by atoms with Crippen LogP contribution in [-0.4, -0.2) is 10.8 Å². The van der Waals surface area contributed by atoms with Crippen LogP contribution in [0.25, 0.3) is 11.1 Å². The number of halogens is 1. The minimum absolute atomic E-state index is 0.0296. The standard InChI is InChI=1S/C21H17FN4O/c1-13-15(12-23)19-20(18(22)17(13)14-8-4-3-5-9-14)27-21(2,26-19)25-16-10-6-7-11-24-16/h3-11,26H,1-2H3,(H,24,25).